The van der Waals surface area contributed by atoms with E-state index in [0.717, 1.165) is 141 Å². The van der Waals surface area contributed by atoms with Crippen molar-refractivity contribution in [1.82, 2.24) is 34.9 Å². The summed E-state index contributed by atoms with van der Waals surface area (Å²) in [6.45, 7) is 26.7. The molecule has 0 bridgehead atoms. The van der Waals surface area contributed by atoms with E-state index in [2.05, 4.69) is 447 Å². The summed E-state index contributed by atoms with van der Waals surface area (Å²) in [5.41, 5.74) is 34.1. The maximum absolute atomic E-state index is 5.22. The Kier molecular flexibility index (Phi) is 26.9. The van der Waals surface area contributed by atoms with Crippen molar-refractivity contribution >= 4 is 0 Å². The zero-order valence-corrected chi connectivity index (χ0v) is 76.3. The van der Waals surface area contributed by atoms with Gasteiger partial charge < -0.3 is 0 Å². The highest BCUT2D eigenvalue weighted by molar-refractivity contribution is 5.85. The third kappa shape index (κ3) is 22.4. The molecule has 0 aliphatic carbocycles. The Balaban J connectivity index is 0.000000131. The Morgan fingerprint density at radius 3 is 0.585 bits per heavy atom. The fourth-order valence-corrected chi connectivity index (χ4v) is 15.6. The Bertz CT molecular complexity index is 6120. The minimum Gasteiger partial charge on any atom is -0.248 e. The van der Waals surface area contributed by atoms with Crippen LogP contribution in [0.1, 0.15) is 106 Å². The molecule has 0 aliphatic rings. The summed E-state index contributed by atoms with van der Waals surface area (Å²) < 4.78 is 0. The number of aromatic nitrogens is 7. The van der Waals surface area contributed by atoms with Crippen LogP contribution in [0.5, 0.6) is 0 Å². The van der Waals surface area contributed by atoms with Crippen molar-refractivity contribution in [3.05, 3.63) is 465 Å². The SMILES string of the molecule is CC(C)(C)c1cccc(-c2cc(-c3ccccc3)cc(-c3ccccc3)n2)c1.CC(C)(C)c1cccc(-c2cc(-c3ccccc3)nc(-c3ccccc3)n2)c1.CC(C)(C)c1cccc(-c2nc(-c3ccccc3)cc(-c3ccccc3)n2)c1.CC(C)(C)c1nc(-c2cc(-c3ccccc3)cc(-c3ccccc3)c2)cc(-c2cc(-c3ccccc3)cc(-c3ccccc3)c2)n1. The highest BCUT2D eigenvalue weighted by atomic mass is 14.9. The van der Waals surface area contributed by atoms with Gasteiger partial charge >= 0.3 is 0 Å². The van der Waals surface area contributed by atoms with E-state index in [9.17, 15) is 0 Å². The van der Waals surface area contributed by atoms with Gasteiger partial charge in [-0.2, -0.15) is 0 Å². The second kappa shape index (κ2) is 39.7. The van der Waals surface area contributed by atoms with Crippen LogP contribution in [0.15, 0.2) is 443 Å². The Morgan fingerprint density at radius 1 is 0.123 bits per heavy atom. The van der Waals surface area contributed by atoms with E-state index in [1.54, 1.807) is 0 Å². The molecule has 0 saturated heterocycles. The van der Waals surface area contributed by atoms with Gasteiger partial charge in [0, 0.05) is 61.0 Å². The molecule has 0 fully saturated rings. The topological polar surface area (TPSA) is 90.2 Å². The molecule has 7 nitrogen and oxygen atoms in total. The zero-order chi connectivity index (χ0) is 90.2. The van der Waals surface area contributed by atoms with E-state index >= 15 is 0 Å². The lowest BCUT2D eigenvalue weighted by molar-refractivity contribution is 0.547. The van der Waals surface area contributed by atoms with Crippen molar-refractivity contribution in [3.8, 4) is 168 Å². The van der Waals surface area contributed by atoms with Gasteiger partial charge in [0.2, 0.25) is 0 Å². The normalized spacial score (nSPS) is 11.4. The van der Waals surface area contributed by atoms with Crippen LogP contribution in [-0.4, -0.2) is 34.9 Å². The smallest absolute Gasteiger partial charge is 0.160 e. The number of pyridine rings is 1. The van der Waals surface area contributed by atoms with Crippen LogP contribution in [0, 0.1) is 0 Å². The van der Waals surface area contributed by atoms with Gasteiger partial charge in [0.15, 0.2) is 11.6 Å². The molecule has 0 saturated carbocycles. The van der Waals surface area contributed by atoms with E-state index in [1.165, 1.54) is 50.1 Å². The van der Waals surface area contributed by atoms with Gasteiger partial charge in [-0.3, -0.25) is 0 Å². The number of benzene rings is 15. The number of rotatable bonds is 15. The Hall–Kier alpha value is -15.3. The maximum Gasteiger partial charge on any atom is 0.160 e. The molecule has 7 heteroatoms. The fraction of sp³-hybridized carbons (Fsp3) is 0.130. The molecule has 0 aliphatic heterocycles. The molecule has 0 amide bonds. The predicted molar refractivity (Wildman–Crippen MR) is 547 cm³/mol. The van der Waals surface area contributed by atoms with Gasteiger partial charge in [-0.05, 0) is 173 Å². The van der Waals surface area contributed by atoms with Gasteiger partial charge in [0.05, 0.1) is 45.6 Å². The first-order valence-electron chi connectivity index (χ1n) is 44.8. The quantitative estimate of drug-likeness (QED) is 0.101. The predicted octanol–water partition coefficient (Wildman–Crippen LogP) is 32.7. The van der Waals surface area contributed by atoms with Crippen LogP contribution in [0.4, 0.5) is 0 Å². The molecule has 130 heavy (non-hydrogen) atoms. The summed E-state index contributed by atoms with van der Waals surface area (Å²) in [7, 11) is 0. The van der Waals surface area contributed by atoms with Gasteiger partial charge in [-0.25, -0.2) is 34.9 Å². The Morgan fingerprint density at radius 2 is 0.315 bits per heavy atom. The molecular formula is C123H109N7. The van der Waals surface area contributed by atoms with Crippen molar-refractivity contribution in [2.24, 2.45) is 0 Å². The number of hydrogen-bond donors (Lipinski definition) is 0. The standard InChI is InChI=1S/C44H36N2.C27H25N.2C26H24N2/c1-44(2,3)43-45-41(39-26-35(31-16-8-4-9-17-31)24-36(27-39)32-18-10-5-11-19-32)30-42(46-43)40-28-37(33-20-12-6-13-21-33)25-38(29-40)34-22-14-7-15-23-34;1-27(2,3)24-16-10-15-22(17-24)26-19-23(20-11-6-4-7-12-20)18-25(28-26)21-13-8-5-9-14-21;1-26(2,3)22-16-10-15-21(17-22)24-18-23(19-11-6-4-7-12-19)27-25(28-24)20-13-8-5-9-14-20;1-26(2,3)22-16-10-15-21(17-22)25-27-23(19-11-6-4-7-12-19)18-24(28-25)20-13-8-5-9-14-20/h4-30H,1-3H3;4-19H,1-3H3;2*4-18H,1-3H3. The summed E-state index contributed by atoms with van der Waals surface area (Å²) in [6.07, 6.45) is 0. The first kappa shape index (κ1) is 88.1. The minimum absolute atomic E-state index is 0.0787. The zero-order valence-electron chi connectivity index (χ0n) is 76.3. The van der Waals surface area contributed by atoms with Gasteiger partial charge in [-0.15, -0.1) is 0 Å². The van der Waals surface area contributed by atoms with Crippen LogP contribution >= 0.6 is 0 Å². The summed E-state index contributed by atoms with van der Waals surface area (Å²) >= 11 is 0. The summed E-state index contributed by atoms with van der Waals surface area (Å²) in [5.74, 6) is 2.32. The summed E-state index contributed by atoms with van der Waals surface area (Å²) in [5, 5.41) is 0. The van der Waals surface area contributed by atoms with Gasteiger partial charge in [0.1, 0.15) is 5.82 Å². The van der Waals surface area contributed by atoms with E-state index in [1.807, 2.05) is 78.9 Å². The van der Waals surface area contributed by atoms with Crippen LogP contribution in [-0.2, 0) is 21.7 Å². The molecule has 0 atom stereocenters. The molecule has 4 heterocycles. The molecule has 0 N–H and O–H groups in total. The summed E-state index contributed by atoms with van der Waals surface area (Å²) in [4.78, 5) is 35.1. The molecule has 4 aromatic heterocycles. The molecular weight excluding hydrogens is 1580 g/mol. The van der Waals surface area contributed by atoms with Gasteiger partial charge in [-0.1, -0.05) is 441 Å². The average molecular weight is 1690 g/mol. The second-order valence-corrected chi connectivity index (χ2v) is 37.0. The van der Waals surface area contributed by atoms with Crippen LogP contribution in [0.2, 0.25) is 0 Å². The molecule has 19 rings (SSSR count). The van der Waals surface area contributed by atoms with E-state index in [0.29, 0.717) is 0 Å². The highest BCUT2D eigenvalue weighted by Gasteiger charge is 2.25. The third-order valence-corrected chi connectivity index (χ3v) is 23.0. The minimum atomic E-state index is -0.247. The third-order valence-electron chi connectivity index (χ3n) is 23.0. The van der Waals surface area contributed by atoms with Crippen molar-refractivity contribution in [3.63, 3.8) is 0 Å². The molecule has 0 radical (unpaired) electrons. The lowest BCUT2D eigenvalue weighted by atomic mass is 9.86. The largest absolute Gasteiger partial charge is 0.248 e. The highest BCUT2D eigenvalue weighted by Crippen LogP contribution is 2.41. The van der Waals surface area contributed by atoms with Crippen molar-refractivity contribution < 1.29 is 0 Å². The lowest BCUT2D eigenvalue weighted by Gasteiger charge is -2.20. The lowest BCUT2D eigenvalue weighted by Crippen LogP contribution is -2.17. The monoisotopic (exact) mass is 1680 g/mol. The number of hydrogen-bond acceptors (Lipinski definition) is 7. The first-order chi connectivity index (χ1) is 62.9. The van der Waals surface area contributed by atoms with E-state index < -0.39 is 0 Å². The fourth-order valence-electron chi connectivity index (χ4n) is 15.6. The maximum atomic E-state index is 5.22. The average Bonchev–Trinajstić information content (AvgIpc) is 0.779. The molecule has 19 aromatic rings. The van der Waals surface area contributed by atoms with Gasteiger partial charge in [0.25, 0.3) is 0 Å². The first-order valence-corrected chi connectivity index (χ1v) is 44.8. The van der Waals surface area contributed by atoms with Crippen LogP contribution in [0.3, 0.4) is 0 Å². The van der Waals surface area contributed by atoms with Crippen molar-refractivity contribution in [2.75, 3.05) is 0 Å². The van der Waals surface area contributed by atoms with Crippen LogP contribution in [0.25, 0.3) is 168 Å². The summed E-state index contributed by atoms with van der Waals surface area (Å²) in [6, 6.07) is 155. The van der Waals surface area contributed by atoms with Crippen molar-refractivity contribution in [1.29, 1.82) is 0 Å². The Labute approximate surface area is 768 Å². The molecule has 0 spiro atoms. The second-order valence-electron chi connectivity index (χ2n) is 37.0. The van der Waals surface area contributed by atoms with E-state index in [4.69, 9.17) is 34.9 Å². The molecule has 0 unspecified atom stereocenters. The van der Waals surface area contributed by atoms with Crippen molar-refractivity contribution in [2.45, 2.75) is 105 Å². The van der Waals surface area contributed by atoms with Crippen LogP contribution < -0.4 is 0 Å². The molecule has 15 aromatic carbocycles. The van der Waals surface area contributed by atoms with E-state index in [-0.39, 0.29) is 21.7 Å². The molecule has 636 valence electrons. The number of nitrogens with zero attached hydrogens (tertiary/aromatic N) is 7.